The van der Waals surface area contributed by atoms with Crippen molar-refractivity contribution >= 4 is 23.4 Å². The van der Waals surface area contributed by atoms with Crippen LogP contribution in [0.25, 0.3) is 0 Å². The number of benzene rings is 1. The predicted octanol–water partition coefficient (Wildman–Crippen LogP) is 3.52. The highest BCUT2D eigenvalue weighted by Crippen LogP contribution is 2.29. The number of nitrogens with one attached hydrogen (secondary N) is 1. The number of pyridine rings is 1. The Morgan fingerprint density at radius 3 is 2.83 bits per heavy atom. The number of fused-ring (bicyclic) bond motifs is 1. The number of aromatic nitrogens is 3. The quantitative estimate of drug-likeness (QED) is 0.488. The summed E-state index contributed by atoms with van der Waals surface area (Å²) in [5.41, 5.74) is 5.68. The van der Waals surface area contributed by atoms with E-state index in [1.807, 2.05) is 50.2 Å². The molecule has 4 rings (SSSR count). The Hall–Kier alpha value is -2.93. The monoisotopic (exact) mass is 420 g/mol. The summed E-state index contributed by atoms with van der Waals surface area (Å²) in [5, 5.41) is 3.64. The molecule has 30 heavy (non-hydrogen) atoms. The molecule has 1 aliphatic carbocycles. The molecule has 2 aromatic heterocycles. The van der Waals surface area contributed by atoms with Crippen molar-refractivity contribution in [2.24, 2.45) is 0 Å². The van der Waals surface area contributed by atoms with Crippen LogP contribution in [0.2, 0.25) is 0 Å². The number of aryl methyl sites for hydroxylation is 2. The molecule has 0 saturated heterocycles. The van der Waals surface area contributed by atoms with E-state index in [1.54, 1.807) is 10.8 Å². The third-order valence-corrected chi connectivity index (χ3v) is 6.26. The topological polar surface area (TPSA) is 76.9 Å². The van der Waals surface area contributed by atoms with Crippen LogP contribution in [0, 0.1) is 13.8 Å². The van der Waals surface area contributed by atoms with Crippen LogP contribution in [0.5, 0.6) is 0 Å². The van der Waals surface area contributed by atoms with Crippen LogP contribution >= 0.6 is 11.8 Å². The SMILES string of the molecule is Cc1ccc(NC(=O)CSc2nc(=O)n(Cc3ccccn3)c3c2CCC3)c(C)c1. The van der Waals surface area contributed by atoms with Gasteiger partial charge in [-0.25, -0.2) is 4.79 Å². The highest BCUT2D eigenvalue weighted by atomic mass is 32.2. The number of anilines is 1. The first-order valence-corrected chi connectivity index (χ1v) is 11.0. The van der Waals surface area contributed by atoms with E-state index in [-0.39, 0.29) is 17.3 Å². The zero-order valence-corrected chi connectivity index (χ0v) is 18.0. The summed E-state index contributed by atoms with van der Waals surface area (Å²) in [6.45, 7) is 4.43. The van der Waals surface area contributed by atoms with Gasteiger partial charge in [0.1, 0.15) is 5.03 Å². The Labute approximate surface area is 179 Å². The van der Waals surface area contributed by atoms with Crippen LogP contribution in [0.15, 0.2) is 52.4 Å². The maximum absolute atomic E-state index is 12.7. The predicted molar refractivity (Wildman–Crippen MR) is 119 cm³/mol. The second kappa shape index (κ2) is 8.83. The number of hydrogen-bond donors (Lipinski definition) is 1. The van der Waals surface area contributed by atoms with Gasteiger partial charge in [-0.3, -0.25) is 14.3 Å². The van der Waals surface area contributed by atoms with Crippen molar-refractivity contribution in [3.8, 4) is 0 Å². The summed E-state index contributed by atoms with van der Waals surface area (Å²) in [7, 11) is 0. The molecule has 0 unspecified atom stereocenters. The maximum atomic E-state index is 12.7. The molecule has 154 valence electrons. The van der Waals surface area contributed by atoms with Crippen molar-refractivity contribution in [3.63, 3.8) is 0 Å². The molecule has 2 heterocycles. The fraction of sp³-hybridized carbons (Fsp3) is 0.304. The highest BCUT2D eigenvalue weighted by Gasteiger charge is 2.22. The van der Waals surface area contributed by atoms with Crippen LogP contribution in [0.3, 0.4) is 0 Å². The lowest BCUT2D eigenvalue weighted by molar-refractivity contribution is -0.113. The van der Waals surface area contributed by atoms with Crippen LogP contribution in [0.1, 0.15) is 34.5 Å². The second-order valence-corrected chi connectivity index (χ2v) is 8.50. The smallest absolute Gasteiger partial charge is 0.325 e. The summed E-state index contributed by atoms with van der Waals surface area (Å²) in [6.07, 6.45) is 4.45. The maximum Gasteiger partial charge on any atom is 0.349 e. The molecular formula is C23H24N4O2S. The lowest BCUT2D eigenvalue weighted by Crippen LogP contribution is -2.28. The van der Waals surface area contributed by atoms with E-state index in [0.717, 1.165) is 53.0 Å². The Morgan fingerprint density at radius 1 is 1.20 bits per heavy atom. The van der Waals surface area contributed by atoms with E-state index < -0.39 is 0 Å². The molecule has 1 aliphatic rings. The van der Waals surface area contributed by atoms with E-state index in [9.17, 15) is 9.59 Å². The van der Waals surface area contributed by atoms with E-state index in [2.05, 4.69) is 15.3 Å². The number of hydrogen-bond acceptors (Lipinski definition) is 5. The molecule has 1 aromatic carbocycles. The summed E-state index contributed by atoms with van der Waals surface area (Å²) < 4.78 is 1.73. The molecule has 6 nitrogen and oxygen atoms in total. The third kappa shape index (κ3) is 4.46. The Bertz CT molecular complexity index is 1140. The van der Waals surface area contributed by atoms with Gasteiger partial charge in [-0.05, 0) is 56.9 Å². The van der Waals surface area contributed by atoms with Gasteiger partial charge in [-0.15, -0.1) is 0 Å². The van der Waals surface area contributed by atoms with Gasteiger partial charge in [-0.1, -0.05) is 35.5 Å². The molecule has 0 bridgehead atoms. The van der Waals surface area contributed by atoms with Crippen LogP contribution in [0.4, 0.5) is 5.69 Å². The van der Waals surface area contributed by atoms with Gasteiger partial charge in [0.05, 0.1) is 18.0 Å². The molecule has 3 aromatic rings. The Morgan fingerprint density at radius 2 is 2.07 bits per heavy atom. The molecule has 7 heteroatoms. The number of amides is 1. The van der Waals surface area contributed by atoms with Crippen molar-refractivity contribution in [1.82, 2.24) is 14.5 Å². The van der Waals surface area contributed by atoms with Gasteiger partial charge in [0.25, 0.3) is 0 Å². The molecule has 0 atom stereocenters. The van der Waals surface area contributed by atoms with Gasteiger partial charge < -0.3 is 5.32 Å². The standard InChI is InChI=1S/C23H24N4O2S/c1-15-9-10-19(16(2)12-15)25-21(28)14-30-22-18-7-5-8-20(18)27(23(29)26-22)13-17-6-3-4-11-24-17/h3-4,6,9-12H,5,7-8,13-14H2,1-2H3,(H,25,28). The van der Waals surface area contributed by atoms with Crippen molar-refractivity contribution in [2.45, 2.75) is 44.7 Å². The molecular weight excluding hydrogens is 396 g/mol. The number of rotatable bonds is 6. The Kier molecular flexibility index (Phi) is 5.99. The van der Waals surface area contributed by atoms with E-state index in [0.29, 0.717) is 11.6 Å². The third-order valence-electron chi connectivity index (χ3n) is 5.24. The number of thioether (sulfide) groups is 1. The van der Waals surface area contributed by atoms with Crippen molar-refractivity contribution < 1.29 is 4.79 Å². The van der Waals surface area contributed by atoms with Crippen LogP contribution in [-0.2, 0) is 24.2 Å². The fourth-order valence-corrected chi connectivity index (χ4v) is 4.67. The highest BCUT2D eigenvalue weighted by molar-refractivity contribution is 8.00. The zero-order chi connectivity index (χ0) is 21.1. The minimum atomic E-state index is -0.279. The van der Waals surface area contributed by atoms with Gasteiger partial charge in [0.2, 0.25) is 5.91 Å². The first kappa shape index (κ1) is 20.3. The number of carbonyl (C=O) groups excluding carboxylic acids is 1. The number of carbonyl (C=O) groups is 1. The second-order valence-electron chi connectivity index (χ2n) is 7.54. The van der Waals surface area contributed by atoms with Crippen molar-refractivity contribution in [2.75, 3.05) is 11.1 Å². The van der Waals surface area contributed by atoms with E-state index >= 15 is 0 Å². The molecule has 1 N–H and O–H groups in total. The van der Waals surface area contributed by atoms with E-state index in [4.69, 9.17) is 0 Å². The van der Waals surface area contributed by atoms with Crippen LogP contribution < -0.4 is 11.0 Å². The minimum absolute atomic E-state index is 0.0989. The summed E-state index contributed by atoms with van der Waals surface area (Å²) in [4.78, 5) is 33.8. The molecule has 1 amide bonds. The lowest BCUT2D eigenvalue weighted by Gasteiger charge is -2.14. The fourth-order valence-electron chi connectivity index (χ4n) is 3.80. The van der Waals surface area contributed by atoms with Gasteiger partial charge in [-0.2, -0.15) is 4.98 Å². The molecule has 0 fully saturated rings. The normalized spacial score (nSPS) is 12.6. The molecule has 0 aliphatic heterocycles. The van der Waals surface area contributed by atoms with E-state index in [1.165, 1.54) is 11.8 Å². The van der Waals surface area contributed by atoms with Gasteiger partial charge >= 0.3 is 5.69 Å². The summed E-state index contributed by atoms with van der Waals surface area (Å²) in [6, 6.07) is 11.6. The van der Waals surface area contributed by atoms with Crippen molar-refractivity contribution in [1.29, 1.82) is 0 Å². The lowest BCUT2D eigenvalue weighted by atomic mass is 10.1. The molecule has 0 radical (unpaired) electrons. The molecule has 0 saturated carbocycles. The number of nitrogens with zero attached hydrogens (tertiary/aromatic N) is 3. The zero-order valence-electron chi connectivity index (χ0n) is 17.1. The average molecular weight is 421 g/mol. The van der Waals surface area contributed by atoms with Crippen LogP contribution in [-0.4, -0.2) is 26.2 Å². The van der Waals surface area contributed by atoms with Crippen molar-refractivity contribution in [3.05, 3.63) is 81.2 Å². The van der Waals surface area contributed by atoms with Gasteiger partial charge in [0.15, 0.2) is 0 Å². The average Bonchev–Trinajstić information content (AvgIpc) is 3.22. The largest absolute Gasteiger partial charge is 0.349 e. The minimum Gasteiger partial charge on any atom is -0.325 e. The summed E-state index contributed by atoms with van der Waals surface area (Å²) >= 11 is 1.34. The first-order chi connectivity index (χ1) is 14.5. The first-order valence-electron chi connectivity index (χ1n) is 10.0. The molecule has 0 spiro atoms. The Balaban J connectivity index is 1.50. The van der Waals surface area contributed by atoms with Gasteiger partial charge in [0, 0.05) is 23.1 Å². The summed E-state index contributed by atoms with van der Waals surface area (Å²) in [5.74, 6) is 0.120.